The number of thioether (sulfide) groups is 1. The van der Waals surface area contributed by atoms with Gasteiger partial charge in [-0.05, 0) is 18.4 Å². The van der Waals surface area contributed by atoms with Crippen LogP contribution in [0, 0.1) is 11.8 Å². The van der Waals surface area contributed by atoms with E-state index in [-0.39, 0.29) is 34.4 Å². The molecule has 2 bridgehead atoms. The normalized spacial score (nSPS) is 33.3. The monoisotopic (exact) mass is 608 g/mol. The van der Waals surface area contributed by atoms with E-state index in [2.05, 4.69) is 31.5 Å². The fourth-order valence-electron chi connectivity index (χ4n) is 6.66. The molecule has 38 heavy (non-hydrogen) atoms. The third-order valence-electron chi connectivity index (χ3n) is 8.35. The molecule has 11 heteroatoms. The first-order chi connectivity index (χ1) is 18.4. The Bertz CT molecular complexity index is 1030. The zero-order valence-corrected chi connectivity index (χ0v) is 24.1. The fourth-order valence-corrected chi connectivity index (χ4v) is 10.3. The second-order valence-electron chi connectivity index (χ2n) is 10.6. The molecule has 0 radical (unpaired) electrons. The molecule has 1 aromatic carbocycles. The van der Waals surface area contributed by atoms with Gasteiger partial charge in [-0.1, -0.05) is 53.2 Å². The summed E-state index contributed by atoms with van der Waals surface area (Å²) in [5.41, 5.74) is 0.771. The Morgan fingerprint density at radius 2 is 1.89 bits per heavy atom. The van der Waals surface area contributed by atoms with Crippen molar-refractivity contribution in [1.29, 1.82) is 0 Å². The van der Waals surface area contributed by atoms with Crippen molar-refractivity contribution in [1.82, 2.24) is 20.4 Å². The highest BCUT2D eigenvalue weighted by Crippen LogP contribution is 2.68. The van der Waals surface area contributed by atoms with Gasteiger partial charge in [0.15, 0.2) is 0 Å². The van der Waals surface area contributed by atoms with Gasteiger partial charge in [0.2, 0.25) is 17.7 Å². The standard InChI is InChI=1S/C27H37BrN4O5S/c1-2-8-29-24(34)20-21-26(36)32(19(16-33)17-6-4-3-5-7-17)23(27(21)15-18(28)22(20)38-27)25(35)30-9-10-31-11-13-37-14-12-31/h3-7,18-23,33H,2,8-16H2,1H3,(H,29,34)(H,30,35)/t18?,19-,20-,21+,22-,23?,27?/m1/s1. The largest absolute Gasteiger partial charge is 0.394 e. The third-order valence-corrected chi connectivity index (χ3v) is 11.6. The third kappa shape index (κ3) is 4.89. The number of likely N-dealkylation sites (tertiary alicyclic amines) is 1. The summed E-state index contributed by atoms with van der Waals surface area (Å²) in [4.78, 5) is 45.5. The maximum atomic E-state index is 14.3. The molecule has 5 rings (SSSR count). The molecule has 1 aromatic rings. The van der Waals surface area contributed by atoms with Gasteiger partial charge in [0, 0.05) is 42.8 Å². The Kier molecular flexibility index (Phi) is 8.69. The number of carbonyl (C=O) groups is 3. The lowest BCUT2D eigenvalue weighted by molar-refractivity contribution is -0.143. The lowest BCUT2D eigenvalue weighted by atomic mass is 9.70. The summed E-state index contributed by atoms with van der Waals surface area (Å²) >= 11 is 5.41. The zero-order valence-electron chi connectivity index (χ0n) is 21.7. The number of nitrogens with one attached hydrogen (secondary N) is 2. The number of fused-ring (bicyclic) bond motifs is 1. The molecule has 3 unspecified atom stereocenters. The number of nitrogens with zero attached hydrogens (tertiary/aromatic N) is 2. The number of rotatable bonds is 10. The van der Waals surface area contributed by atoms with Crippen LogP contribution in [0.3, 0.4) is 0 Å². The number of carbonyl (C=O) groups excluding carboxylic acids is 3. The van der Waals surface area contributed by atoms with Crippen LogP contribution in [0.4, 0.5) is 0 Å². The number of aliphatic hydroxyl groups is 1. The van der Waals surface area contributed by atoms with Crippen molar-refractivity contribution in [2.75, 3.05) is 52.5 Å². The summed E-state index contributed by atoms with van der Waals surface area (Å²) in [5.74, 6) is -1.70. The van der Waals surface area contributed by atoms with Crippen molar-refractivity contribution in [2.24, 2.45) is 11.8 Å². The predicted octanol–water partition coefficient (Wildman–Crippen LogP) is 1.16. The van der Waals surface area contributed by atoms with E-state index >= 15 is 0 Å². The predicted molar refractivity (Wildman–Crippen MR) is 149 cm³/mol. The molecule has 4 aliphatic rings. The molecule has 3 amide bonds. The Balaban J connectivity index is 1.47. The number of benzene rings is 1. The number of alkyl halides is 1. The molecule has 1 spiro atoms. The Labute approximate surface area is 236 Å². The highest BCUT2D eigenvalue weighted by Gasteiger charge is 2.76. The van der Waals surface area contributed by atoms with Crippen molar-refractivity contribution in [2.45, 2.75) is 46.7 Å². The Morgan fingerprint density at radius 3 is 2.58 bits per heavy atom. The smallest absolute Gasteiger partial charge is 0.244 e. The summed E-state index contributed by atoms with van der Waals surface area (Å²) in [6, 6.07) is 7.89. The highest BCUT2D eigenvalue weighted by atomic mass is 79.9. The van der Waals surface area contributed by atoms with Crippen molar-refractivity contribution in [3.8, 4) is 0 Å². The summed E-state index contributed by atoms with van der Waals surface area (Å²) in [7, 11) is 0. The van der Waals surface area contributed by atoms with E-state index in [1.165, 1.54) is 0 Å². The van der Waals surface area contributed by atoms with Gasteiger partial charge >= 0.3 is 0 Å². The number of hydrogen-bond acceptors (Lipinski definition) is 7. The number of aliphatic hydroxyl groups excluding tert-OH is 1. The first-order valence-electron chi connectivity index (χ1n) is 13.6. The lowest BCUT2D eigenvalue weighted by Crippen LogP contribution is -2.56. The van der Waals surface area contributed by atoms with Crippen LogP contribution in [-0.2, 0) is 19.1 Å². The van der Waals surface area contributed by atoms with E-state index in [9.17, 15) is 19.5 Å². The second kappa shape index (κ2) is 11.8. The molecule has 7 atom stereocenters. The van der Waals surface area contributed by atoms with Gasteiger partial charge in [-0.25, -0.2) is 0 Å². The Hall–Kier alpha value is -1.66. The molecule has 0 aliphatic carbocycles. The first-order valence-corrected chi connectivity index (χ1v) is 15.4. The summed E-state index contributed by atoms with van der Waals surface area (Å²) < 4.78 is 4.68. The summed E-state index contributed by atoms with van der Waals surface area (Å²) in [6.07, 6.45) is 1.42. The molecule has 208 valence electrons. The number of amides is 3. The maximum Gasteiger partial charge on any atom is 0.244 e. The number of morpholine rings is 1. The zero-order chi connectivity index (χ0) is 26.9. The molecule has 4 heterocycles. The molecule has 0 saturated carbocycles. The van der Waals surface area contributed by atoms with Gasteiger partial charge in [-0.3, -0.25) is 19.3 Å². The molecule has 4 fully saturated rings. The van der Waals surface area contributed by atoms with Crippen LogP contribution in [-0.4, -0.2) is 106 Å². The number of halogens is 1. The minimum atomic E-state index is -0.791. The van der Waals surface area contributed by atoms with Gasteiger partial charge in [-0.15, -0.1) is 11.8 Å². The van der Waals surface area contributed by atoms with E-state index in [0.29, 0.717) is 39.3 Å². The van der Waals surface area contributed by atoms with Crippen LogP contribution in [0.25, 0.3) is 0 Å². The first kappa shape index (κ1) is 27.9. The second-order valence-corrected chi connectivity index (χ2v) is 13.3. The fraction of sp³-hybridized carbons (Fsp3) is 0.667. The molecule has 9 nitrogen and oxygen atoms in total. The topological polar surface area (TPSA) is 111 Å². The van der Waals surface area contributed by atoms with Crippen LogP contribution in [0.5, 0.6) is 0 Å². The molecule has 3 N–H and O–H groups in total. The molecule has 4 saturated heterocycles. The van der Waals surface area contributed by atoms with Gasteiger partial charge in [-0.2, -0.15) is 0 Å². The molecule has 4 aliphatic heterocycles. The molecular formula is C27H37BrN4O5S. The van der Waals surface area contributed by atoms with Crippen LogP contribution in [0.15, 0.2) is 30.3 Å². The van der Waals surface area contributed by atoms with Crippen LogP contribution in [0.2, 0.25) is 0 Å². The van der Waals surface area contributed by atoms with Crippen molar-refractivity contribution < 1.29 is 24.2 Å². The van der Waals surface area contributed by atoms with E-state index < -0.39 is 28.7 Å². The highest BCUT2D eigenvalue weighted by molar-refractivity contribution is 9.09. The van der Waals surface area contributed by atoms with Crippen molar-refractivity contribution in [3.63, 3.8) is 0 Å². The van der Waals surface area contributed by atoms with Gasteiger partial charge in [0.1, 0.15) is 6.04 Å². The number of ether oxygens (including phenoxy) is 1. The molecule has 0 aromatic heterocycles. The van der Waals surface area contributed by atoms with E-state index in [4.69, 9.17) is 4.74 Å². The van der Waals surface area contributed by atoms with E-state index in [1.54, 1.807) is 16.7 Å². The van der Waals surface area contributed by atoms with Crippen LogP contribution < -0.4 is 10.6 Å². The van der Waals surface area contributed by atoms with E-state index in [1.807, 2.05) is 37.3 Å². The van der Waals surface area contributed by atoms with Crippen LogP contribution >= 0.6 is 27.7 Å². The quantitative estimate of drug-likeness (QED) is 0.342. The summed E-state index contributed by atoms with van der Waals surface area (Å²) in [6.45, 7) is 6.42. The van der Waals surface area contributed by atoms with Crippen molar-refractivity contribution >= 4 is 45.4 Å². The number of hydrogen-bond donors (Lipinski definition) is 3. The minimum absolute atomic E-state index is 0.0156. The average molecular weight is 610 g/mol. The van der Waals surface area contributed by atoms with E-state index in [0.717, 1.165) is 25.1 Å². The lowest BCUT2D eigenvalue weighted by Gasteiger charge is -2.37. The van der Waals surface area contributed by atoms with Gasteiger partial charge < -0.3 is 25.4 Å². The minimum Gasteiger partial charge on any atom is -0.394 e. The maximum absolute atomic E-state index is 14.3. The summed E-state index contributed by atoms with van der Waals surface area (Å²) in [5, 5.41) is 16.6. The SMILES string of the molecule is CCCNC(=O)[C@H]1[C@@H]2SC3(CC2Br)C(C(=O)NCCN2CCOCC2)N([C@H](CO)c2ccccc2)C(=O)[C@H]13. The Morgan fingerprint density at radius 1 is 1.18 bits per heavy atom. The van der Waals surface area contributed by atoms with Gasteiger partial charge in [0.05, 0.1) is 42.4 Å². The van der Waals surface area contributed by atoms with Crippen LogP contribution in [0.1, 0.15) is 31.4 Å². The average Bonchev–Trinajstić information content (AvgIpc) is 3.52. The van der Waals surface area contributed by atoms with Gasteiger partial charge in [0.25, 0.3) is 0 Å². The molecular weight excluding hydrogens is 572 g/mol. The van der Waals surface area contributed by atoms with Crippen molar-refractivity contribution in [3.05, 3.63) is 35.9 Å².